The van der Waals surface area contributed by atoms with Crippen LogP contribution in [0.1, 0.15) is 13.3 Å². The predicted molar refractivity (Wildman–Crippen MR) is 66.3 cm³/mol. The van der Waals surface area contributed by atoms with Crippen molar-refractivity contribution in [2.75, 3.05) is 13.4 Å². The zero-order valence-corrected chi connectivity index (χ0v) is 11.4. The first-order valence-corrected chi connectivity index (χ1v) is 7.25. The molecule has 1 atom stereocenters. The fourth-order valence-corrected chi connectivity index (χ4v) is 1.99. The number of sulfone groups is 1. The van der Waals surface area contributed by atoms with E-state index in [0.29, 0.717) is 5.75 Å². The van der Waals surface area contributed by atoms with Crippen molar-refractivity contribution in [1.82, 2.24) is 0 Å². The van der Waals surface area contributed by atoms with Crippen LogP contribution >= 0.6 is 0 Å². The molecular formula is C12H16O5S. The highest BCUT2D eigenvalue weighted by atomic mass is 32.2. The lowest BCUT2D eigenvalue weighted by molar-refractivity contribution is -0.142. The van der Waals surface area contributed by atoms with Crippen molar-refractivity contribution < 1.29 is 22.7 Å². The van der Waals surface area contributed by atoms with Crippen LogP contribution < -0.4 is 4.74 Å². The Morgan fingerprint density at radius 2 is 1.83 bits per heavy atom. The molecule has 1 rings (SSSR count). The molecule has 1 aromatic carbocycles. The van der Waals surface area contributed by atoms with Crippen molar-refractivity contribution >= 4 is 15.8 Å². The van der Waals surface area contributed by atoms with Gasteiger partial charge in [0.05, 0.1) is 18.4 Å². The molecule has 0 fully saturated rings. The molecule has 0 saturated heterocycles. The standard InChI is InChI=1S/C12H16O5S/c1-9(8-12(13)16-2)17-10-4-6-11(7-5-10)18(3,14)15/h4-7,9H,8H2,1-3H3. The molecule has 0 heterocycles. The summed E-state index contributed by atoms with van der Waals surface area (Å²) in [6.07, 6.45) is 0.953. The Hall–Kier alpha value is -1.56. The Balaban J connectivity index is 2.67. The fourth-order valence-electron chi connectivity index (χ4n) is 1.36. The van der Waals surface area contributed by atoms with E-state index in [4.69, 9.17) is 4.74 Å². The fraction of sp³-hybridized carbons (Fsp3) is 0.417. The highest BCUT2D eigenvalue weighted by Gasteiger charge is 2.11. The number of rotatable bonds is 5. The second-order valence-corrected chi connectivity index (χ2v) is 5.97. The summed E-state index contributed by atoms with van der Waals surface area (Å²) in [4.78, 5) is 11.2. The normalized spacial score (nSPS) is 12.8. The Bertz CT molecular complexity index is 504. The summed E-state index contributed by atoms with van der Waals surface area (Å²) in [6.45, 7) is 1.74. The molecule has 0 aliphatic rings. The van der Waals surface area contributed by atoms with Crippen LogP contribution in [0.3, 0.4) is 0 Å². The number of methoxy groups -OCH3 is 1. The van der Waals surface area contributed by atoms with Crippen molar-refractivity contribution in [2.24, 2.45) is 0 Å². The van der Waals surface area contributed by atoms with E-state index in [9.17, 15) is 13.2 Å². The van der Waals surface area contributed by atoms with Crippen molar-refractivity contribution in [3.8, 4) is 5.75 Å². The van der Waals surface area contributed by atoms with Gasteiger partial charge in [0, 0.05) is 6.26 Å². The van der Waals surface area contributed by atoms with Crippen LogP contribution in [0.4, 0.5) is 0 Å². The third kappa shape index (κ3) is 4.37. The Morgan fingerprint density at radius 3 is 2.28 bits per heavy atom. The van der Waals surface area contributed by atoms with Gasteiger partial charge >= 0.3 is 5.97 Å². The minimum absolute atomic E-state index is 0.143. The highest BCUT2D eigenvalue weighted by Crippen LogP contribution is 2.17. The Kier molecular flexibility index (Phi) is 4.72. The maximum Gasteiger partial charge on any atom is 0.309 e. The van der Waals surface area contributed by atoms with Crippen LogP contribution in [0.2, 0.25) is 0 Å². The van der Waals surface area contributed by atoms with E-state index in [1.807, 2.05) is 0 Å². The van der Waals surface area contributed by atoms with Gasteiger partial charge in [0.2, 0.25) is 0 Å². The summed E-state index contributed by atoms with van der Waals surface area (Å²) in [5.74, 6) is 0.161. The summed E-state index contributed by atoms with van der Waals surface area (Å²) < 4.78 is 32.5. The molecule has 1 unspecified atom stereocenters. The van der Waals surface area contributed by atoms with E-state index in [2.05, 4.69) is 4.74 Å². The summed E-state index contributed by atoms with van der Waals surface area (Å²) in [7, 11) is -1.89. The monoisotopic (exact) mass is 272 g/mol. The maximum absolute atomic E-state index is 11.2. The predicted octanol–water partition coefficient (Wildman–Crippen LogP) is 1.42. The number of carbonyl (C=O) groups excluding carboxylic acids is 1. The van der Waals surface area contributed by atoms with Crippen molar-refractivity contribution in [3.63, 3.8) is 0 Å². The van der Waals surface area contributed by atoms with E-state index in [1.165, 1.54) is 19.2 Å². The molecule has 100 valence electrons. The second kappa shape index (κ2) is 5.86. The first kappa shape index (κ1) is 14.5. The van der Waals surface area contributed by atoms with Crippen LogP contribution in [-0.2, 0) is 19.4 Å². The quantitative estimate of drug-likeness (QED) is 0.758. The van der Waals surface area contributed by atoms with Gasteiger partial charge in [-0.1, -0.05) is 0 Å². The van der Waals surface area contributed by atoms with Gasteiger partial charge in [0.25, 0.3) is 0 Å². The van der Waals surface area contributed by atoms with Gasteiger partial charge < -0.3 is 9.47 Å². The third-order valence-corrected chi connectivity index (χ3v) is 3.40. The first-order valence-electron chi connectivity index (χ1n) is 5.36. The van der Waals surface area contributed by atoms with E-state index >= 15 is 0 Å². The van der Waals surface area contributed by atoms with E-state index in [1.54, 1.807) is 19.1 Å². The Labute approximate surface area is 107 Å². The van der Waals surface area contributed by atoms with Gasteiger partial charge in [-0.2, -0.15) is 0 Å². The van der Waals surface area contributed by atoms with Gasteiger partial charge in [0.15, 0.2) is 9.84 Å². The highest BCUT2D eigenvalue weighted by molar-refractivity contribution is 7.90. The lowest BCUT2D eigenvalue weighted by Gasteiger charge is -2.13. The van der Waals surface area contributed by atoms with Gasteiger partial charge in [-0.15, -0.1) is 0 Å². The van der Waals surface area contributed by atoms with Crippen LogP contribution in [-0.4, -0.2) is 33.9 Å². The molecule has 0 N–H and O–H groups in total. The van der Waals surface area contributed by atoms with Crippen LogP contribution in [0.25, 0.3) is 0 Å². The van der Waals surface area contributed by atoms with Crippen molar-refractivity contribution in [1.29, 1.82) is 0 Å². The number of benzene rings is 1. The summed E-state index contributed by atoms with van der Waals surface area (Å²) >= 11 is 0. The Morgan fingerprint density at radius 1 is 1.28 bits per heavy atom. The van der Waals surface area contributed by atoms with Gasteiger partial charge in [-0.3, -0.25) is 4.79 Å². The lowest BCUT2D eigenvalue weighted by Crippen LogP contribution is -2.17. The molecule has 0 spiro atoms. The number of carbonyl (C=O) groups is 1. The average Bonchev–Trinajstić information content (AvgIpc) is 2.28. The second-order valence-electron chi connectivity index (χ2n) is 3.95. The van der Waals surface area contributed by atoms with Crippen LogP contribution in [0, 0.1) is 0 Å². The molecule has 6 heteroatoms. The number of esters is 1. The van der Waals surface area contributed by atoms with E-state index < -0.39 is 9.84 Å². The molecule has 0 saturated carbocycles. The summed E-state index contributed by atoms with van der Waals surface area (Å²) in [5.41, 5.74) is 0. The lowest BCUT2D eigenvalue weighted by atomic mass is 10.3. The molecule has 0 aliphatic carbocycles. The van der Waals surface area contributed by atoms with Crippen LogP contribution in [0.15, 0.2) is 29.2 Å². The first-order chi connectivity index (χ1) is 8.32. The number of hydrogen-bond acceptors (Lipinski definition) is 5. The zero-order valence-electron chi connectivity index (χ0n) is 10.5. The van der Waals surface area contributed by atoms with Gasteiger partial charge in [-0.25, -0.2) is 8.42 Å². The minimum atomic E-state index is -3.20. The van der Waals surface area contributed by atoms with Gasteiger partial charge in [0.1, 0.15) is 11.9 Å². The SMILES string of the molecule is COC(=O)CC(C)Oc1ccc(S(C)(=O)=O)cc1. The maximum atomic E-state index is 11.2. The smallest absolute Gasteiger partial charge is 0.309 e. The third-order valence-electron chi connectivity index (χ3n) is 2.27. The molecule has 0 aliphatic heterocycles. The van der Waals surface area contributed by atoms with Gasteiger partial charge in [-0.05, 0) is 31.2 Å². The summed E-state index contributed by atoms with van der Waals surface area (Å²) in [5, 5.41) is 0. The van der Waals surface area contributed by atoms with Crippen LogP contribution in [0.5, 0.6) is 5.75 Å². The topological polar surface area (TPSA) is 69.7 Å². The molecule has 5 nitrogen and oxygen atoms in total. The largest absolute Gasteiger partial charge is 0.490 e. The molecule has 0 radical (unpaired) electrons. The van der Waals surface area contributed by atoms with Crippen molar-refractivity contribution in [3.05, 3.63) is 24.3 Å². The number of hydrogen-bond donors (Lipinski definition) is 0. The molecule has 0 aromatic heterocycles. The molecule has 18 heavy (non-hydrogen) atoms. The van der Waals surface area contributed by atoms with Crippen molar-refractivity contribution in [2.45, 2.75) is 24.3 Å². The minimum Gasteiger partial charge on any atom is -0.490 e. The summed E-state index contributed by atoms with van der Waals surface area (Å²) in [6, 6.07) is 6.05. The molecule has 1 aromatic rings. The number of ether oxygens (including phenoxy) is 2. The average molecular weight is 272 g/mol. The van der Waals surface area contributed by atoms with E-state index in [0.717, 1.165) is 6.26 Å². The van der Waals surface area contributed by atoms with E-state index in [-0.39, 0.29) is 23.4 Å². The molecular weight excluding hydrogens is 256 g/mol. The molecule has 0 amide bonds. The zero-order chi connectivity index (χ0) is 13.8. The molecule has 0 bridgehead atoms.